The summed E-state index contributed by atoms with van der Waals surface area (Å²) < 4.78 is 0. The van der Waals surface area contributed by atoms with E-state index in [1.54, 1.807) is 18.2 Å². The van der Waals surface area contributed by atoms with E-state index in [4.69, 9.17) is 10.4 Å². The number of carbonyl (C=O) groups is 1. The summed E-state index contributed by atoms with van der Waals surface area (Å²) in [6.07, 6.45) is 2.15. The van der Waals surface area contributed by atoms with Gasteiger partial charge in [-0.2, -0.15) is 5.26 Å². The Labute approximate surface area is 99.1 Å². The zero-order valence-electron chi connectivity index (χ0n) is 9.26. The van der Waals surface area contributed by atoms with Gasteiger partial charge < -0.3 is 10.4 Å². The Kier molecular flexibility index (Phi) is 3.24. The van der Waals surface area contributed by atoms with Crippen LogP contribution >= 0.6 is 0 Å². The molecule has 2 atom stereocenters. The van der Waals surface area contributed by atoms with E-state index in [0.29, 0.717) is 24.4 Å². The van der Waals surface area contributed by atoms with Crippen molar-refractivity contribution >= 4 is 11.8 Å². The number of aliphatic carboxylic acids is 1. The summed E-state index contributed by atoms with van der Waals surface area (Å²) in [5.41, 5.74) is 0.364. The van der Waals surface area contributed by atoms with Crippen molar-refractivity contribution in [2.24, 2.45) is 5.92 Å². The Balaban J connectivity index is 1.98. The van der Waals surface area contributed by atoms with E-state index in [0.717, 1.165) is 6.42 Å². The summed E-state index contributed by atoms with van der Waals surface area (Å²) in [7, 11) is 0. The van der Waals surface area contributed by atoms with Gasteiger partial charge in [-0.05, 0) is 31.4 Å². The van der Waals surface area contributed by atoms with Crippen molar-refractivity contribution in [3.63, 3.8) is 0 Å². The van der Waals surface area contributed by atoms with Gasteiger partial charge in [0.15, 0.2) is 0 Å². The fourth-order valence-electron chi connectivity index (χ4n) is 2.12. The molecule has 1 heterocycles. The highest BCUT2D eigenvalue weighted by Crippen LogP contribution is 2.27. The average molecular weight is 231 g/mol. The molecule has 5 heteroatoms. The minimum Gasteiger partial charge on any atom is -0.481 e. The second-order valence-electron chi connectivity index (χ2n) is 4.21. The van der Waals surface area contributed by atoms with E-state index >= 15 is 0 Å². The fourth-order valence-corrected chi connectivity index (χ4v) is 2.12. The number of nitriles is 1. The van der Waals surface area contributed by atoms with Gasteiger partial charge >= 0.3 is 5.97 Å². The van der Waals surface area contributed by atoms with Crippen molar-refractivity contribution in [2.75, 3.05) is 5.32 Å². The summed E-state index contributed by atoms with van der Waals surface area (Å²) in [4.78, 5) is 14.9. The predicted molar refractivity (Wildman–Crippen MR) is 61.3 cm³/mol. The third-order valence-corrected chi connectivity index (χ3v) is 3.00. The second-order valence-corrected chi connectivity index (χ2v) is 4.21. The number of nitrogens with zero attached hydrogens (tertiary/aromatic N) is 2. The third kappa shape index (κ3) is 2.72. The van der Waals surface area contributed by atoms with Crippen LogP contribution in [0, 0.1) is 17.2 Å². The lowest BCUT2D eigenvalue weighted by molar-refractivity contribution is -0.141. The second kappa shape index (κ2) is 4.83. The Morgan fingerprint density at radius 2 is 2.35 bits per heavy atom. The molecular weight excluding hydrogens is 218 g/mol. The number of hydrogen-bond donors (Lipinski definition) is 2. The molecule has 0 unspecified atom stereocenters. The van der Waals surface area contributed by atoms with Crippen LogP contribution in [-0.4, -0.2) is 22.1 Å². The van der Waals surface area contributed by atoms with Gasteiger partial charge in [-0.25, -0.2) is 4.98 Å². The van der Waals surface area contributed by atoms with Gasteiger partial charge in [0.25, 0.3) is 0 Å². The number of rotatable bonds is 3. The SMILES string of the molecule is N#Cc1cccc(N[C@H]2CC[C@@H](C(=O)O)C2)n1. The molecule has 0 bridgehead atoms. The Bertz CT molecular complexity index is 467. The molecule has 0 saturated heterocycles. The molecular formula is C12H13N3O2. The first-order valence-electron chi connectivity index (χ1n) is 5.55. The lowest BCUT2D eigenvalue weighted by Crippen LogP contribution is -2.18. The van der Waals surface area contributed by atoms with E-state index in [2.05, 4.69) is 10.3 Å². The molecule has 0 radical (unpaired) electrons. The maximum absolute atomic E-state index is 10.8. The molecule has 1 saturated carbocycles. The minimum atomic E-state index is -0.729. The molecule has 5 nitrogen and oxygen atoms in total. The molecule has 1 aliphatic carbocycles. The highest BCUT2D eigenvalue weighted by atomic mass is 16.4. The first-order valence-corrected chi connectivity index (χ1v) is 5.55. The molecule has 2 N–H and O–H groups in total. The molecule has 2 rings (SSSR count). The Morgan fingerprint density at radius 3 is 3.00 bits per heavy atom. The first kappa shape index (κ1) is 11.4. The van der Waals surface area contributed by atoms with Crippen LogP contribution in [0.15, 0.2) is 18.2 Å². The maximum Gasteiger partial charge on any atom is 0.306 e. The van der Waals surface area contributed by atoms with E-state index in [1.807, 2.05) is 6.07 Å². The molecule has 88 valence electrons. The number of carboxylic acids is 1. The van der Waals surface area contributed by atoms with Crippen LogP contribution in [0.2, 0.25) is 0 Å². The van der Waals surface area contributed by atoms with Crippen LogP contribution in [0.1, 0.15) is 25.0 Å². The van der Waals surface area contributed by atoms with Gasteiger partial charge in [0.05, 0.1) is 5.92 Å². The molecule has 17 heavy (non-hydrogen) atoms. The van der Waals surface area contributed by atoms with Gasteiger partial charge in [-0.15, -0.1) is 0 Å². The maximum atomic E-state index is 10.8. The smallest absolute Gasteiger partial charge is 0.306 e. The number of nitrogens with one attached hydrogen (secondary N) is 1. The van der Waals surface area contributed by atoms with Crippen molar-refractivity contribution in [3.8, 4) is 6.07 Å². The van der Waals surface area contributed by atoms with Crippen molar-refractivity contribution in [3.05, 3.63) is 23.9 Å². The van der Waals surface area contributed by atoms with E-state index in [9.17, 15) is 4.79 Å². The number of aromatic nitrogens is 1. The van der Waals surface area contributed by atoms with Crippen molar-refractivity contribution < 1.29 is 9.90 Å². The van der Waals surface area contributed by atoms with Gasteiger partial charge in [-0.3, -0.25) is 4.79 Å². The standard InChI is InChI=1S/C12H13N3O2/c13-7-10-2-1-3-11(15-10)14-9-5-4-8(6-9)12(16)17/h1-3,8-9H,4-6H2,(H,14,15)(H,16,17)/t8-,9+/m1/s1. The van der Waals surface area contributed by atoms with Crippen LogP contribution < -0.4 is 5.32 Å². The zero-order valence-corrected chi connectivity index (χ0v) is 9.26. The summed E-state index contributed by atoms with van der Waals surface area (Å²) in [6, 6.07) is 7.30. The van der Waals surface area contributed by atoms with Gasteiger partial charge in [0.2, 0.25) is 0 Å². The Hall–Kier alpha value is -2.09. The van der Waals surface area contributed by atoms with E-state index in [1.165, 1.54) is 0 Å². The predicted octanol–water partition coefficient (Wildman–Crippen LogP) is 1.62. The number of anilines is 1. The van der Waals surface area contributed by atoms with Crippen LogP contribution in [0.4, 0.5) is 5.82 Å². The van der Waals surface area contributed by atoms with Crippen LogP contribution in [0.25, 0.3) is 0 Å². The van der Waals surface area contributed by atoms with Crippen LogP contribution in [0.5, 0.6) is 0 Å². The molecule has 1 aromatic heterocycles. The van der Waals surface area contributed by atoms with Gasteiger partial charge in [-0.1, -0.05) is 6.07 Å². The van der Waals surface area contributed by atoms with Crippen LogP contribution in [-0.2, 0) is 4.79 Å². The first-order chi connectivity index (χ1) is 8.19. The van der Waals surface area contributed by atoms with E-state index in [-0.39, 0.29) is 12.0 Å². The van der Waals surface area contributed by atoms with Crippen LogP contribution in [0.3, 0.4) is 0 Å². The molecule has 0 amide bonds. The fraction of sp³-hybridized carbons (Fsp3) is 0.417. The number of hydrogen-bond acceptors (Lipinski definition) is 4. The normalized spacial score (nSPS) is 23.0. The molecule has 1 aromatic rings. The average Bonchev–Trinajstić information content (AvgIpc) is 2.78. The molecule has 0 spiro atoms. The third-order valence-electron chi connectivity index (χ3n) is 3.00. The monoisotopic (exact) mass is 231 g/mol. The lowest BCUT2D eigenvalue weighted by Gasteiger charge is -2.12. The van der Waals surface area contributed by atoms with Crippen molar-refractivity contribution in [2.45, 2.75) is 25.3 Å². The topological polar surface area (TPSA) is 86.0 Å². The summed E-state index contributed by atoms with van der Waals surface area (Å²) in [5.74, 6) is -0.347. The van der Waals surface area contributed by atoms with Crippen molar-refractivity contribution in [1.29, 1.82) is 5.26 Å². The zero-order chi connectivity index (χ0) is 12.3. The molecule has 1 fully saturated rings. The minimum absolute atomic E-state index is 0.137. The summed E-state index contributed by atoms with van der Waals surface area (Å²) in [5, 5.41) is 20.8. The number of carboxylic acid groups (broad SMARTS) is 1. The quantitative estimate of drug-likeness (QED) is 0.825. The molecule has 1 aliphatic rings. The highest BCUT2D eigenvalue weighted by Gasteiger charge is 2.29. The lowest BCUT2D eigenvalue weighted by atomic mass is 10.1. The Morgan fingerprint density at radius 1 is 1.53 bits per heavy atom. The van der Waals surface area contributed by atoms with Gasteiger partial charge in [0.1, 0.15) is 17.6 Å². The van der Waals surface area contributed by atoms with Crippen molar-refractivity contribution in [1.82, 2.24) is 4.98 Å². The molecule has 0 aliphatic heterocycles. The summed E-state index contributed by atoms with van der Waals surface area (Å²) in [6.45, 7) is 0. The summed E-state index contributed by atoms with van der Waals surface area (Å²) >= 11 is 0. The largest absolute Gasteiger partial charge is 0.481 e. The highest BCUT2D eigenvalue weighted by molar-refractivity contribution is 5.70. The van der Waals surface area contributed by atoms with Gasteiger partial charge in [0, 0.05) is 6.04 Å². The number of pyridine rings is 1. The molecule has 0 aromatic carbocycles. The van der Waals surface area contributed by atoms with E-state index < -0.39 is 5.97 Å².